The molecular weight excluding hydrogens is 233 g/mol. The van der Waals surface area contributed by atoms with Crippen LogP contribution in [0.4, 0.5) is 4.39 Å². The second-order valence-electron chi connectivity index (χ2n) is 3.17. The van der Waals surface area contributed by atoms with Crippen molar-refractivity contribution in [2.24, 2.45) is 0 Å². The quantitative estimate of drug-likeness (QED) is 0.721. The van der Waals surface area contributed by atoms with Crippen molar-refractivity contribution in [3.05, 3.63) is 17.3 Å². The zero-order valence-electron chi connectivity index (χ0n) is 9.41. The molecule has 0 aromatic carbocycles. The largest absolute Gasteiger partial charge is 0.474 e. The van der Waals surface area contributed by atoms with Gasteiger partial charge in [0.15, 0.2) is 0 Å². The lowest BCUT2D eigenvalue weighted by Crippen LogP contribution is -2.28. The Kier molecular flexibility index (Phi) is 5.42. The van der Waals surface area contributed by atoms with Crippen molar-refractivity contribution in [2.75, 3.05) is 26.2 Å². The zero-order valence-corrected chi connectivity index (χ0v) is 10.2. The Labute approximate surface area is 99.4 Å². The predicted molar refractivity (Wildman–Crippen MR) is 60.3 cm³/mol. The number of ether oxygens (including phenoxy) is 1. The fraction of sp³-hybridized carbons (Fsp3) is 0.600. The Morgan fingerprint density at radius 2 is 2.12 bits per heavy atom. The second-order valence-corrected chi connectivity index (χ2v) is 3.51. The Morgan fingerprint density at radius 1 is 1.44 bits per heavy atom. The van der Waals surface area contributed by atoms with E-state index in [1.807, 2.05) is 0 Å². The van der Waals surface area contributed by atoms with Gasteiger partial charge in [-0.15, -0.1) is 0 Å². The van der Waals surface area contributed by atoms with E-state index in [2.05, 4.69) is 28.7 Å². The third kappa shape index (κ3) is 3.90. The molecule has 1 aromatic rings. The molecular formula is C10H15ClFN3O. The van der Waals surface area contributed by atoms with Crippen molar-refractivity contribution >= 4 is 11.6 Å². The van der Waals surface area contributed by atoms with Crippen molar-refractivity contribution in [3.63, 3.8) is 0 Å². The van der Waals surface area contributed by atoms with Crippen LogP contribution in [0.15, 0.2) is 6.20 Å². The number of hydrogen-bond donors (Lipinski definition) is 0. The maximum absolute atomic E-state index is 13.1. The Bertz CT molecular complexity index is 334. The Hall–Kier alpha value is -0.940. The van der Waals surface area contributed by atoms with Crippen LogP contribution in [0.5, 0.6) is 5.88 Å². The summed E-state index contributed by atoms with van der Waals surface area (Å²) in [6.07, 6.45) is 1.00. The van der Waals surface area contributed by atoms with Crippen LogP contribution in [0.1, 0.15) is 13.8 Å². The number of nitrogens with zero attached hydrogens (tertiary/aromatic N) is 3. The highest BCUT2D eigenvalue weighted by Crippen LogP contribution is 2.14. The summed E-state index contributed by atoms with van der Waals surface area (Å²) in [4.78, 5) is 9.33. The summed E-state index contributed by atoms with van der Waals surface area (Å²) in [6.45, 7) is 7.11. The Balaban J connectivity index is 2.45. The Morgan fingerprint density at radius 3 is 2.75 bits per heavy atom. The van der Waals surface area contributed by atoms with E-state index in [9.17, 15) is 4.39 Å². The van der Waals surface area contributed by atoms with Crippen molar-refractivity contribution in [1.82, 2.24) is 14.9 Å². The molecule has 0 amide bonds. The van der Waals surface area contributed by atoms with Crippen LogP contribution in [0.3, 0.4) is 0 Å². The molecule has 6 heteroatoms. The first-order valence-corrected chi connectivity index (χ1v) is 5.58. The van der Waals surface area contributed by atoms with Gasteiger partial charge in [0, 0.05) is 6.54 Å². The fourth-order valence-electron chi connectivity index (χ4n) is 1.24. The van der Waals surface area contributed by atoms with Gasteiger partial charge in [-0.3, -0.25) is 0 Å². The third-order valence-corrected chi connectivity index (χ3v) is 2.41. The second kappa shape index (κ2) is 6.60. The van der Waals surface area contributed by atoms with Crippen LogP contribution in [-0.2, 0) is 0 Å². The molecule has 0 radical (unpaired) electrons. The first-order valence-electron chi connectivity index (χ1n) is 5.20. The molecule has 0 saturated carbocycles. The van der Waals surface area contributed by atoms with E-state index in [0.29, 0.717) is 6.61 Å². The number of halogens is 2. The van der Waals surface area contributed by atoms with E-state index in [1.54, 1.807) is 0 Å². The van der Waals surface area contributed by atoms with E-state index < -0.39 is 5.82 Å². The highest BCUT2D eigenvalue weighted by molar-refractivity contribution is 6.28. The molecule has 0 aliphatic rings. The number of rotatable bonds is 6. The molecule has 1 rings (SSSR count). The standard InChI is InChI=1S/C10H15ClFN3O/c1-3-15(4-2)5-6-16-9-8(12)7-13-10(11)14-9/h7H,3-6H2,1-2H3. The molecule has 0 unspecified atom stereocenters. The molecule has 16 heavy (non-hydrogen) atoms. The zero-order chi connectivity index (χ0) is 12.0. The van der Waals surface area contributed by atoms with Gasteiger partial charge in [-0.05, 0) is 24.7 Å². The summed E-state index contributed by atoms with van der Waals surface area (Å²) < 4.78 is 18.3. The van der Waals surface area contributed by atoms with Crippen molar-refractivity contribution in [2.45, 2.75) is 13.8 Å². The van der Waals surface area contributed by atoms with Gasteiger partial charge in [0.2, 0.25) is 11.1 Å². The van der Waals surface area contributed by atoms with Gasteiger partial charge in [-0.25, -0.2) is 4.98 Å². The average molecular weight is 248 g/mol. The highest BCUT2D eigenvalue weighted by atomic mass is 35.5. The highest BCUT2D eigenvalue weighted by Gasteiger charge is 2.07. The topological polar surface area (TPSA) is 38.2 Å². The molecule has 0 aliphatic heterocycles. The molecule has 90 valence electrons. The van der Waals surface area contributed by atoms with Gasteiger partial charge in [-0.1, -0.05) is 13.8 Å². The number of likely N-dealkylation sites (N-methyl/N-ethyl adjacent to an activating group) is 1. The minimum atomic E-state index is -0.594. The molecule has 0 saturated heterocycles. The predicted octanol–water partition coefficient (Wildman–Crippen LogP) is 1.99. The van der Waals surface area contributed by atoms with E-state index >= 15 is 0 Å². The monoisotopic (exact) mass is 247 g/mol. The SMILES string of the molecule is CCN(CC)CCOc1nc(Cl)ncc1F. The van der Waals surface area contributed by atoms with Gasteiger partial charge in [0.05, 0.1) is 6.20 Å². The van der Waals surface area contributed by atoms with Crippen LogP contribution in [0, 0.1) is 5.82 Å². The van der Waals surface area contributed by atoms with Gasteiger partial charge in [0.25, 0.3) is 5.88 Å². The minimum Gasteiger partial charge on any atom is -0.474 e. The molecule has 0 fully saturated rings. The lowest BCUT2D eigenvalue weighted by Gasteiger charge is -2.17. The van der Waals surface area contributed by atoms with Crippen LogP contribution in [0.2, 0.25) is 5.28 Å². The van der Waals surface area contributed by atoms with Gasteiger partial charge >= 0.3 is 0 Å². The van der Waals surface area contributed by atoms with Crippen LogP contribution < -0.4 is 4.74 Å². The maximum atomic E-state index is 13.1. The normalized spacial score (nSPS) is 10.8. The maximum Gasteiger partial charge on any atom is 0.254 e. The molecule has 1 heterocycles. The van der Waals surface area contributed by atoms with E-state index in [1.165, 1.54) is 0 Å². The summed E-state index contributed by atoms with van der Waals surface area (Å²) in [7, 11) is 0. The minimum absolute atomic E-state index is 0.0146. The summed E-state index contributed by atoms with van der Waals surface area (Å²) in [5.41, 5.74) is 0. The van der Waals surface area contributed by atoms with Gasteiger partial charge in [0.1, 0.15) is 6.61 Å². The first-order chi connectivity index (χ1) is 7.67. The van der Waals surface area contributed by atoms with Crippen LogP contribution in [0.25, 0.3) is 0 Å². The fourth-order valence-corrected chi connectivity index (χ4v) is 1.37. The first kappa shape index (κ1) is 13.1. The lowest BCUT2D eigenvalue weighted by molar-refractivity contribution is 0.211. The molecule has 1 aromatic heterocycles. The summed E-state index contributed by atoms with van der Waals surface area (Å²) in [5.74, 6) is -0.684. The molecule has 0 atom stereocenters. The van der Waals surface area contributed by atoms with E-state index in [0.717, 1.165) is 25.8 Å². The van der Waals surface area contributed by atoms with Crippen molar-refractivity contribution in [1.29, 1.82) is 0 Å². The van der Waals surface area contributed by atoms with Gasteiger partial charge in [-0.2, -0.15) is 9.37 Å². The summed E-state index contributed by atoms with van der Waals surface area (Å²) in [6, 6.07) is 0. The molecule has 4 nitrogen and oxygen atoms in total. The summed E-state index contributed by atoms with van der Waals surface area (Å²) >= 11 is 5.53. The van der Waals surface area contributed by atoms with Crippen LogP contribution >= 0.6 is 11.6 Å². The molecule has 0 N–H and O–H groups in total. The number of hydrogen-bond acceptors (Lipinski definition) is 4. The van der Waals surface area contributed by atoms with Crippen molar-refractivity contribution < 1.29 is 9.13 Å². The molecule has 0 bridgehead atoms. The molecule has 0 aliphatic carbocycles. The van der Waals surface area contributed by atoms with Gasteiger partial charge < -0.3 is 9.64 Å². The smallest absolute Gasteiger partial charge is 0.254 e. The van der Waals surface area contributed by atoms with Crippen LogP contribution in [-0.4, -0.2) is 41.1 Å². The lowest BCUT2D eigenvalue weighted by atomic mass is 10.5. The van der Waals surface area contributed by atoms with E-state index in [-0.39, 0.29) is 11.2 Å². The average Bonchev–Trinajstić information content (AvgIpc) is 2.29. The number of aromatic nitrogens is 2. The molecule has 0 spiro atoms. The van der Waals surface area contributed by atoms with E-state index in [4.69, 9.17) is 16.3 Å². The summed E-state index contributed by atoms with van der Waals surface area (Å²) in [5, 5.41) is -0.0146. The van der Waals surface area contributed by atoms with Crippen molar-refractivity contribution in [3.8, 4) is 5.88 Å². The third-order valence-electron chi connectivity index (χ3n) is 2.22.